The van der Waals surface area contributed by atoms with Crippen molar-refractivity contribution in [1.29, 1.82) is 0 Å². The van der Waals surface area contributed by atoms with Crippen molar-refractivity contribution in [3.8, 4) is 11.5 Å². The number of hydrogen-bond donors (Lipinski definition) is 0. The van der Waals surface area contributed by atoms with Gasteiger partial charge in [-0.25, -0.2) is 4.98 Å². The summed E-state index contributed by atoms with van der Waals surface area (Å²) >= 11 is 21.4. The van der Waals surface area contributed by atoms with E-state index in [2.05, 4.69) is 20.9 Å². The van der Waals surface area contributed by atoms with Crippen molar-refractivity contribution in [2.45, 2.75) is 0 Å². The van der Waals surface area contributed by atoms with Gasteiger partial charge in [-0.15, -0.1) is 0 Å². The molecule has 0 fully saturated rings. The summed E-state index contributed by atoms with van der Waals surface area (Å²) in [4.78, 5) is 4.39. The third-order valence-electron chi connectivity index (χ3n) is 2.57. The van der Waals surface area contributed by atoms with Gasteiger partial charge in [-0.2, -0.15) is 0 Å². The molecule has 0 saturated heterocycles. The van der Waals surface area contributed by atoms with E-state index < -0.39 is 0 Å². The summed E-state index contributed by atoms with van der Waals surface area (Å²) in [7, 11) is 0. The number of halogens is 4. The van der Waals surface area contributed by atoms with E-state index >= 15 is 0 Å². The molecule has 96 valence electrons. The van der Waals surface area contributed by atoms with Gasteiger partial charge in [0.1, 0.15) is 5.52 Å². The summed E-state index contributed by atoms with van der Waals surface area (Å²) in [6.45, 7) is 0. The minimum Gasteiger partial charge on any atom is -0.434 e. The Bertz CT molecular complexity index is 785. The Morgan fingerprint density at radius 1 is 1.00 bits per heavy atom. The van der Waals surface area contributed by atoms with Crippen LogP contribution in [0.3, 0.4) is 0 Å². The number of rotatable bonds is 1. The highest BCUT2D eigenvalue weighted by molar-refractivity contribution is 9.10. The largest absolute Gasteiger partial charge is 0.434 e. The fourth-order valence-electron chi connectivity index (χ4n) is 1.74. The van der Waals surface area contributed by atoms with Crippen molar-refractivity contribution in [2.24, 2.45) is 0 Å². The number of benzene rings is 2. The summed E-state index contributed by atoms with van der Waals surface area (Å²) in [6, 6.07) is 8.70. The number of fused-ring (bicyclic) bond motifs is 1. The van der Waals surface area contributed by atoms with E-state index in [1.807, 2.05) is 6.07 Å². The zero-order valence-electron chi connectivity index (χ0n) is 9.25. The van der Waals surface area contributed by atoms with Crippen molar-refractivity contribution >= 4 is 61.8 Å². The van der Waals surface area contributed by atoms with Crippen molar-refractivity contribution in [3.63, 3.8) is 0 Å². The first-order valence-electron chi connectivity index (χ1n) is 5.25. The molecule has 1 heterocycles. The number of aromatic nitrogens is 1. The molecule has 2 aromatic carbocycles. The molecule has 0 saturated carbocycles. The molecule has 1 aromatic heterocycles. The average molecular weight is 377 g/mol. The van der Waals surface area contributed by atoms with Crippen molar-refractivity contribution in [2.75, 3.05) is 0 Å². The predicted octanol–water partition coefficient (Wildman–Crippen LogP) is 6.22. The maximum atomic E-state index is 6.08. The minimum absolute atomic E-state index is 0.436. The summed E-state index contributed by atoms with van der Waals surface area (Å²) in [5.41, 5.74) is 1.94. The molecule has 0 bridgehead atoms. The smallest absolute Gasteiger partial charge is 0.228 e. The van der Waals surface area contributed by atoms with Crippen molar-refractivity contribution in [1.82, 2.24) is 4.98 Å². The van der Waals surface area contributed by atoms with Gasteiger partial charge >= 0.3 is 0 Å². The molecular weight excluding hydrogens is 372 g/mol. The molecule has 0 aliphatic rings. The maximum Gasteiger partial charge on any atom is 0.228 e. The zero-order valence-corrected chi connectivity index (χ0v) is 13.1. The second-order valence-corrected chi connectivity index (χ2v) is 6.01. The molecule has 0 atom stereocenters. The molecule has 0 radical (unpaired) electrons. The Hall–Kier alpha value is -0.740. The lowest BCUT2D eigenvalue weighted by atomic mass is 10.2. The fourth-order valence-corrected chi connectivity index (χ4v) is 3.11. The van der Waals surface area contributed by atoms with Crippen LogP contribution in [0.25, 0.3) is 22.6 Å². The minimum atomic E-state index is 0.436. The molecule has 19 heavy (non-hydrogen) atoms. The monoisotopic (exact) mass is 375 g/mol. The molecule has 0 aliphatic carbocycles. The molecular formula is C13H5BrCl3NO. The predicted molar refractivity (Wildman–Crippen MR) is 82.2 cm³/mol. The molecule has 3 rings (SSSR count). The maximum absolute atomic E-state index is 6.08. The highest BCUT2D eigenvalue weighted by Gasteiger charge is 2.14. The Morgan fingerprint density at radius 2 is 1.79 bits per heavy atom. The first-order valence-corrected chi connectivity index (χ1v) is 7.18. The lowest BCUT2D eigenvalue weighted by molar-refractivity contribution is 0.619. The van der Waals surface area contributed by atoms with Gasteiger partial charge in [-0.1, -0.05) is 34.8 Å². The van der Waals surface area contributed by atoms with E-state index in [4.69, 9.17) is 39.2 Å². The third-order valence-corrected chi connectivity index (χ3v) is 3.96. The van der Waals surface area contributed by atoms with Crippen LogP contribution in [0.2, 0.25) is 15.1 Å². The molecule has 0 N–H and O–H groups in total. The van der Waals surface area contributed by atoms with E-state index in [-0.39, 0.29) is 0 Å². The second-order valence-electron chi connectivity index (χ2n) is 3.88. The average Bonchev–Trinajstić information content (AvgIpc) is 2.72. The number of nitrogens with zero attached hydrogens (tertiary/aromatic N) is 1. The first kappa shape index (κ1) is 13.3. The van der Waals surface area contributed by atoms with E-state index in [0.717, 1.165) is 10.0 Å². The van der Waals surface area contributed by atoms with Gasteiger partial charge in [-0.05, 0) is 46.3 Å². The normalized spacial score (nSPS) is 11.2. The lowest BCUT2D eigenvalue weighted by Crippen LogP contribution is -1.79. The summed E-state index contributed by atoms with van der Waals surface area (Å²) in [5, 5.41) is 1.59. The van der Waals surface area contributed by atoms with Gasteiger partial charge < -0.3 is 4.42 Å². The zero-order chi connectivity index (χ0) is 13.6. The van der Waals surface area contributed by atoms with Gasteiger partial charge in [0.25, 0.3) is 0 Å². The van der Waals surface area contributed by atoms with Crippen LogP contribution in [0.5, 0.6) is 0 Å². The Balaban J connectivity index is 2.23. The van der Waals surface area contributed by atoms with Gasteiger partial charge in [0.2, 0.25) is 5.89 Å². The van der Waals surface area contributed by atoms with Crippen LogP contribution in [0, 0.1) is 0 Å². The molecule has 2 nitrogen and oxygen atoms in total. The van der Waals surface area contributed by atoms with Gasteiger partial charge in [0, 0.05) is 14.5 Å². The van der Waals surface area contributed by atoms with Gasteiger partial charge in [-0.3, -0.25) is 0 Å². The highest BCUT2D eigenvalue weighted by atomic mass is 79.9. The molecule has 0 amide bonds. The fraction of sp³-hybridized carbons (Fsp3) is 0. The van der Waals surface area contributed by atoms with Gasteiger partial charge in [0.05, 0.1) is 10.6 Å². The lowest BCUT2D eigenvalue weighted by Gasteiger charge is -1.99. The quantitative estimate of drug-likeness (QED) is 0.503. The highest BCUT2D eigenvalue weighted by Crippen LogP contribution is 2.35. The molecule has 0 spiro atoms. The molecule has 3 aromatic rings. The van der Waals surface area contributed by atoms with Crippen molar-refractivity contribution < 1.29 is 4.42 Å². The van der Waals surface area contributed by atoms with Crippen LogP contribution < -0.4 is 0 Å². The summed E-state index contributed by atoms with van der Waals surface area (Å²) in [6.07, 6.45) is 0. The summed E-state index contributed by atoms with van der Waals surface area (Å²) < 4.78 is 6.49. The van der Waals surface area contributed by atoms with Crippen LogP contribution >= 0.6 is 50.7 Å². The second kappa shape index (κ2) is 4.98. The van der Waals surface area contributed by atoms with Crippen molar-refractivity contribution in [3.05, 3.63) is 49.9 Å². The van der Waals surface area contributed by atoms with Crippen LogP contribution in [0.15, 0.2) is 39.2 Å². The standard InChI is InChI=1S/C13H5BrCl3NO/c14-9-3-6(15)1-2-8(9)13-18-11-5-7(16)4-10(17)12(11)19-13/h1-5H. The van der Waals surface area contributed by atoms with E-state index in [1.165, 1.54) is 0 Å². The molecule has 0 aliphatic heterocycles. The molecule has 6 heteroatoms. The Kier molecular flexibility index (Phi) is 3.48. The van der Waals surface area contributed by atoms with E-state index in [1.54, 1.807) is 24.3 Å². The van der Waals surface area contributed by atoms with E-state index in [0.29, 0.717) is 32.1 Å². The third kappa shape index (κ3) is 2.48. The Labute approximate surface area is 132 Å². The number of hydrogen-bond acceptors (Lipinski definition) is 2. The van der Waals surface area contributed by atoms with Crippen LogP contribution in [-0.2, 0) is 0 Å². The topological polar surface area (TPSA) is 26.0 Å². The summed E-state index contributed by atoms with van der Waals surface area (Å²) in [5.74, 6) is 0.461. The number of oxazole rings is 1. The van der Waals surface area contributed by atoms with Crippen LogP contribution in [-0.4, -0.2) is 4.98 Å². The Morgan fingerprint density at radius 3 is 2.53 bits per heavy atom. The first-order chi connectivity index (χ1) is 9.04. The van der Waals surface area contributed by atoms with Gasteiger partial charge in [0.15, 0.2) is 5.58 Å². The van der Waals surface area contributed by atoms with Crippen LogP contribution in [0.1, 0.15) is 0 Å². The van der Waals surface area contributed by atoms with E-state index in [9.17, 15) is 0 Å². The van der Waals surface area contributed by atoms with Crippen LogP contribution in [0.4, 0.5) is 0 Å². The SMILES string of the molecule is Clc1ccc(-c2nc3cc(Cl)cc(Cl)c3o2)c(Br)c1. The molecule has 0 unspecified atom stereocenters.